The van der Waals surface area contributed by atoms with E-state index in [0.29, 0.717) is 0 Å². The predicted molar refractivity (Wildman–Crippen MR) is 201 cm³/mol. The third-order valence-electron chi connectivity index (χ3n) is 9.91. The molecule has 1 heteroatoms. The molecule has 0 fully saturated rings. The van der Waals surface area contributed by atoms with Crippen LogP contribution in [0, 0.1) is 0 Å². The van der Waals surface area contributed by atoms with Gasteiger partial charge in [0, 0.05) is 22.3 Å². The van der Waals surface area contributed by atoms with Crippen molar-refractivity contribution in [2.45, 2.75) is 5.41 Å². The molecule has 0 saturated heterocycles. The molecule has 0 heterocycles. The van der Waals surface area contributed by atoms with Crippen LogP contribution in [0.25, 0.3) is 33.0 Å². The maximum atomic E-state index is 2.47. The molecule has 48 heavy (non-hydrogen) atoms. The van der Waals surface area contributed by atoms with E-state index < -0.39 is 5.41 Å². The van der Waals surface area contributed by atoms with Crippen molar-refractivity contribution in [3.8, 4) is 22.3 Å². The van der Waals surface area contributed by atoms with Crippen LogP contribution in [0.1, 0.15) is 22.3 Å². The second-order valence-electron chi connectivity index (χ2n) is 12.5. The number of hydrogen-bond donors (Lipinski definition) is 0. The molecular weight excluding hydrogens is 579 g/mol. The summed E-state index contributed by atoms with van der Waals surface area (Å²) in [4.78, 5) is 2.47. The van der Waals surface area contributed by atoms with Crippen LogP contribution in [0.2, 0.25) is 0 Å². The van der Waals surface area contributed by atoms with Crippen molar-refractivity contribution in [3.63, 3.8) is 0 Å². The fourth-order valence-electron chi connectivity index (χ4n) is 7.89. The largest absolute Gasteiger partial charge is 0.309 e. The van der Waals surface area contributed by atoms with Crippen LogP contribution in [0.15, 0.2) is 200 Å². The molecule has 0 radical (unpaired) electrons. The molecule has 1 aliphatic carbocycles. The molecule has 0 saturated carbocycles. The predicted octanol–water partition coefficient (Wildman–Crippen LogP) is 12.3. The Morgan fingerprint density at radius 3 is 1.54 bits per heavy atom. The quantitative estimate of drug-likeness (QED) is 0.181. The van der Waals surface area contributed by atoms with Gasteiger partial charge in [0.15, 0.2) is 0 Å². The summed E-state index contributed by atoms with van der Waals surface area (Å²) >= 11 is 0. The topological polar surface area (TPSA) is 3.24 Å². The highest BCUT2D eigenvalue weighted by atomic mass is 15.1. The van der Waals surface area contributed by atoms with E-state index in [1.807, 2.05) is 0 Å². The highest BCUT2D eigenvalue weighted by molar-refractivity contribution is 6.10. The number of nitrogens with zero attached hydrogens (tertiary/aromatic N) is 1. The fourth-order valence-corrected chi connectivity index (χ4v) is 7.89. The van der Waals surface area contributed by atoms with E-state index >= 15 is 0 Å². The van der Waals surface area contributed by atoms with Gasteiger partial charge in [-0.2, -0.15) is 0 Å². The van der Waals surface area contributed by atoms with Gasteiger partial charge in [-0.15, -0.1) is 0 Å². The number of para-hydroxylation sites is 1. The minimum absolute atomic E-state index is 0.493. The Labute approximate surface area is 282 Å². The van der Waals surface area contributed by atoms with Gasteiger partial charge < -0.3 is 4.90 Å². The summed E-state index contributed by atoms with van der Waals surface area (Å²) in [6.07, 6.45) is 0. The Balaban J connectivity index is 1.41. The van der Waals surface area contributed by atoms with Gasteiger partial charge in [0.2, 0.25) is 0 Å². The monoisotopic (exact) mass is 611 g/mol. The summed E-state index contributed by atoms with van der Waals surface area (Å²) in [6, 6.07) is 73.0. The molecule has 0 aromatic heterocycles. The molecule has 8 aromatic rings. The molecule has 0 N–H and O–H groups in total. The Morgan fingerprint density at radius 1 is 0.375 bits per heavy atom. The second kappa shape index (κ2) is 11.6. The van der Waals surface area contributed by atoms with Crippen molar-refractivity contribution < 1.29 is 0 Å². The zero-order valence-corrected chi connectivity index (χ0v) is 26.5. The third kappa shape index (κ3) is 4.32. The smallest absolute Gasteiger partial charge is 0.0714 e. The molecule has 0 aliphatic heterocycles. The van der Waals surface area contributed by atoms with Crippen LogP contribution in [0.5, 0.6) is 0 Å². The van der Waals surface area contributed by atoms with E-state index in [2.05, 4.69) is 205 Å². The summed E-state index contributed by atoms with van der Waals surface area (Å²) in [7, 11) is 0. The highest BCUT2D eigenvalue weighted by Crippen LogP contribution is 2.61. The van der Waals surface area contributed by atoms with Gasteiger partial charge in [0.1, 0.15) is 0 Å². The van der Waals surface area contributed by atoms with Crippen molar-refractivity contribution in [2.24, 2.45) is 0 Å². The molecule has 1 aliphatic rings. The normalized spacial score (nSPS) is 12.8. The Morgan fingerprint density at radius 2 is 0.875 bits per heavy atom. The zero-order valence-electron chi connectivity index (χ0n) is 26.5. The zero-order chi connectivity index (χ0) is 31.9. The van der Waals surface area contributed by atoms with Crippen molar-refractivity contribution >= 4 is 27.8 Å². The first-order chi connectivity index (χ1) is 23.8. The Kier molecular flexibility index (Phi) is 6.76. The lowest BCUT2D eigenvalue weighted by molar-refractivity contribution is 0.769. The van der Waals surface area contributed by atoms with E-state index in [9.17, 15) is 0 Å². The van der Waals surface area contributed by atoms with Gasteiger partial charge in [-0.25, -0.2) is 0 Å². The van der Waals surface area contributed by atoms with E-state index in [0.717, 1.165) is 11.4 Å². The summed E-state index contributed by atoms with van der Waals surface area (Å²) in [5.41, 5.74) is 13.0. The summed E-state index contributed by atoms with van der Waals surface area (Å²) in [5, 5.41) is 2.44. The molecule has 0 bridgehead atoms. The molecule has 0 unspecified atom stereocenters. The molecule has 0 atom stereocenters. The number of hydrogen-bond acceptors (Lipinski definition) is 1. The van der Waals surface area contributed by atoms with Crippen molar-refractivity contribution in [1.29, 1.82) is 0 Å². The fraction of sp³-hybridized carbons (Fsp3) is 0.0213. The second-order valence-corrected chi connectivity index (χ2v) is 12.5. The van der Waals surface area contributed by atoms with Gasteiger partial charge >= 0.3 is 0 Å². The molecule has 226 valence electrons. The van der Waals surface area contributed by atoms with Crippen LogP contribution in [0.4, 0.5) is 17.1 Å². The standard InChI is InChI=1S/C47H33N/c1-5-17-34(18-6-1)35-29-31-40(32-30-35)48(39-24-11-4-12-25-39)46-41-26-14-13-19-36(41)33-44-45(46)42-27-15-16-28-43(42)47(44,37-20-7-2-8-21-37)38-22-9-3-10-23-38/h1-33H. The van der Waals surface area contributed by atoms with Crippen LogP contribution in [-0.4, -0.2) is 0 Å². The van der Waals surface area contributed by atoms with E-state index in [1.165, 1.54) is 61.0 Å². The van der Waals surface area contributed by atoms with Crippen molar-refractivity contribution in [1.82, 2.24) is 0 Å². The summed E-state index contributed by atoms with van der Waals surface area (Å²) in [6.45, 7) is 0. The maximum Gasteiger partial charge on any atom is 0.0714 e. The first kappa shape index (κ1) is 28.1. The molecule has 8 aromatic carbocycles. The molecule has 0 spiro atoms. The van der Waals surface area contributed by atoms with Crippen LogP contribution in [-0.2, 0) is 5.41 Å². The lowest BCUT2D eigenvalue weighted by Gasteiger charge is -2.35. The molecular formula is C47H33N. The lowest BCUT2D eigenvalue weighted by atomic mass is 9.67. The van der Waals surface area contributed by atoms with Gasteiger partial charge in [-0.3, -0.25) is 0 Å². The van der Waals surface area contributed by atoms with Gasteiger partial charge in [-0.1, -0.05) is 170 Å². The Hall–Kier alpha value is -6.18. The minimum atomic E-state index is -0.493. The number of benzene rings is 8. The lowest BCUT2D eigenvalue weighted by Crippen LogP contribution is -2.28. The average molecular weight is 612 g/mol. The SMILES string of the molecule is c1ccc(-c2ccc(N(c3ccccc3)c3c4c(cc5ccccc35)C(c3ccccc3)(c3ccccc3)c3ccccc3-4)cc2)cc1. The maximum absolute atomic E-state index is 2.47. The number of fused-ring (bicyclic) bond motifs is 4. The highest BCUT2D eigenvalue weighted by Gasteiger charge is 2.47. The van der Waals surface area contributed by atoms with Crippen molar-refractivity contribution in [2.75, 3.05) is 4.90 Å². The third-order valence-corrected chi connectivity index (χ3v) is 9.91. The first-order valence-electron chi connectivity index (χ1n) is 16.6. The van der Waals surface area contributed by atoms with E-state index in [4.69, 9.17) is 0 Å². The van der Waals surface area contributed by atoms with Gasteiger partial charge in [-0.05, 0) is 74.7 Å². The van der Waals surface area contributed by atoms with Gasteiger partial charge in [0.05, 0.1) is 11.1 Å². The van der Waals surface area contributed by atoms with Crippen LogP contribution >= 0.6 is 0 Å². The molecule has 0 amide bonds. The van der Waals surface area contributed by atoms with Crippen LogP contribution in [0.3, 0.4) is 0 Å². The van der Waals surface area contributed by atoms with Crippen LogP contribution < -0.4 is 4.90 Å². The summed E-state index contributed by atoms with van der Waals surface area (Å²) in [5.74, 6) is 0. The van der Waals surface area contributed by atoms with Gasteiger partial charge in [0.25, 0.3) is 0 Å². The summed E-state index contributed by atoms with van der Waals surface area (Å²) < 4.78 is 0. The minimum Gasteiger partial charge on any atom is -0.309 e. The number of anilines is 3. The molecule has 1 nitrogen and oxygen atoms in total. The van der Waals surface area contributed by atoms with Crippen molar-refractivity contribution in [3.05, 3.63) is 222 Å². The Bertz CT molecular complexity index is 2320. The van der Waals surface area contributed by atoms with E-state index in [-0.39, 0.29) is 0 Å². The average Bonchev–Trinajstić information content (AvgIpc) is 3.47. The first-order valence-corrected chi connectivity index (χ1v) is 16.6. The van der Waals surface area contributed by atoms with E-state index in [1.54, 1.807) is 0 Å². The number of rotatable bonds is 6. The molecule has 9 rings (SSSR count).